The van der Waals surface area contributed by atoms with E-state index < -0.39 is 10.8 Å². The van der Waals surface area contributed by atoms with Gasteiger partial charge in [0.2, 0.25) is 0 Å². The van der Waals surface area contributed by atoms with Crippen LogP contribution in [0.2, 0.25) is 0 Å². The summed E-state index contributed by atoms with van der Waals surface area (Å²) >= 11 is 4.78. The Bertz CT molecular complexity index is 1180. The third-order valence-electron chi connectivity index (χ3n) is 3.60. The van der Waals surface area contributed by atoms with E-state index in [1.165, 1.54) is 35.6 Å². The lowest BCUT2D eigenvalue weighted by atomic mass is 10.2. The molecule has 2 aromatic carbocycles. The number of nitro groups is 1. The van der Waals surface area contributed by atoms with E-state index in [1.54, 1.807) is 16.7 Å². The number of amides is 1. The van der Waals surface area contributed by atoms with Gasteiger partial charge in [0.25, 0.3) is 11.6 Å². The number of fused-ring (bicyclic) bond motifs is 1. The van der Waals surface area contributed by atoms with Crippen LogP contribution in [0.3, 0.4) is 0 Å². The lowest BCUT2D eigenvalue weighted by Gasteiger charge is -1.99. The predicted octanol–water partition coefficient (Wildman–Crippen LogP) is 4.15. The molecule has 134 valence electrons. The molecule has 6 nitrogen and oxygen atoms in total. The number of hydrogen-bond acceptors (Lipinski definition) is 4. The molecule has 0 bridgehead atoms. The van der Waals surface area contributed by atoms with Gasteiger partial charge in [0.1, 0.15) is 0 Å². The van der Waals surface area contributed by atoms with Crippen molar-refractivity contribution in [1.29, 1.82) is 0 Å². The summed E-state index contributed by atoms with van der Waals surface area (Å²) in [5.41, 5.74) is 1.41. The van der Waals surface area contributed by atoms with Crippen LogP contribution in [0.4, 0.5) is 5.69 Å². The Morgan fingerprint density at radius 2 is 2.19 bits per heavy atom. The number of nitro benzene ring substituents is 1. The second-order valence-electron chi connectivity index (χ2n) is 5.42. The van der Waals surface area contributed by atoms with Gasteiger partial charge in [0, 0.05) is 22.7 Å². The molecule has 1 heterocycles. The molecule has 3 aromatic rings. The van der Waals surface area contributed by atoms with Gasteiger partial charge in [0.05, 0.1) is 21.7 Å². The molecule has 0 aliphatic carbocycles. The zero-order valence-corrected chi connectivity index (χ0v) is 16.2. The quantitative estimate of drug-likeness (QED) is 0.264. The molecule has 0 atom stereocenters. The normalized spacial score (nSPS) is 11.8. The number of thiazole rings is 1. The number of rotatable bonds is 4. The summed E-state index contributed by atoms with van der Waals surface area (Å²) in [6.45, 7) is 0.294. The number of non-ortho nitro benzene ring substituents is 1. The van der Waals surface area contributed by atoms with Crippen molar-refractivity contribution in [2.45, 2.75) is 6.54 Å². The summed E-state index contributed by atoms with van der Waals surface area (Å²) in [6, 6.07) is 11.8. The number of nitrogens with zero attached hydrogens (tertiary/aromatic N) is 3. The summed E-state index contributed by atoms with van der Waals surface area (Å²) in [5.74, 6) is 2.10. The van der Waals surface area contributed by atoms with Crippen LogP contribution in [0.25, 0.3) is 16.3 Å². The summed E-state index contributed by atoms with van der Waals surface area (Å²) in [4.78, 5) is 27.2. The van der Waals surface area contributed by atoms with Crippen molar-refractivity contribution in [2.24, 2.45) is 4.99 Å². The molecule has 0 saturated carbocycles. The number of aromatic nitrogens is 1. The average Bonchev–Trinajstić information content (AvgIpc) is 2.97. The Morgan fingerprint density at radius 3 is 2.93 bits per heavy atom. The first-order valence-electron chi connectivity index (χ1n) is 7.71. The van der Waals surface area contributed by atoms with Gasteiger partial charge in [-0.15, -0.1) is 6.42 Å². The van der Waals surface area contributed by atoms with E-state index in [-0.39, 0.29) is 5.69 Å². The molecule has 0 radical (unpaired) electrons. The van der Waals surface area contributed by atoms with E-state index in [0.29, 0.717) is 16.9 Å². The van der Waals surface area contributed by atoms with E-state index in [9.17, 15) is 14.9 Å². The maximum Gasteiger partial charge on any atom is 0.272 e. The molecular weight excluding hydrogens is 430 g/mol. The zero-order valence-electron chi connectivity index (χ0n) is 13.8. The summed E-state index contributed by atoms with van der Waals surface area (Å²) in [6.07, 6.45) is 8.21. The standard InChI is InChI=1S/C19H12BrN3O3S/c1-2-10-22-16-8-7-14(20)12-17(16)27-19(22)21-18(24)9-6-13-4-3-5-15(11-13)23(25)26/h1,3-9,11-12H,10H2. The average molecular weight is 442 g/mol. The first-order chi connectivity index (χ1) is 13.0. The van der Waals surface area contributed by atoms with Gasteiger partial charge < -0.3 is 4.57 Å². The van der Waals surface area contributed by atoms with Crippen molar-refractivity contribution in [3.8, 4) is 12.3 Å². The highest BCUT2D eigenvalue weighted by Gasteiger charge is 2.07. The minimum absolute atomic E-state index is 0.0384. The highest BCUT2D eigenvalue weighted by molar-refractivity contribution is 9.10. The fraction of sp³-hybridized carbons (Fsp3) is 0.0526. The van der Waals surface area contributed by atoms with Crippen LogP contribution in [-0.4, -0.2) is 15.4 Å². The molecular formula is C19H12BrN3O3S. The molecule has 0 saturated heterocycles. The van der Waals surface area contributed by atoms with E-state index in [0.717, 1.165) is 14.7 Å². The first-order valence-corrected chi connectivity index (χ1v) is 9.32. The van der Waals surface area contributed by atoms with Crippen molar-refractivity contribution >= 4 is 55.2 Å². The van der Waals surface area contributed by atoms with Gasteiger partial charge in [-0.3, -0.25) is 14.9 Å². The Morgan fingerprint density at radius 1 is 1.37 bits per heavy atom. The molecule has 3 rings (SSSR count). The molecule has 8 heteroatoms. The minimum Gasteiger partial charge on any atom is -0.305 e. The molecule has 0 fully saturated rings. The second-order valence-corrected chi connectivity index (χ2v) is 7.35. The smallest absolute Gasteiger partial charge is 0.272 e. The summed E-state index contributed by atoms with van der Waals surface area (Å²) in [7, 11) is 0. The summed E-state index contributed by atoms with van der Waals surface area (Å²) in [5, 5.41) is 10.8. The van der Waals surface area contributed by atoms with Crippen LogP contribution in [0.15, 0.2) is 58.0 Å². The van der Waals surface area contributed by atoms with Crippen molar-refractivity contribution < 1.29 is 9.72 Å². The van der Waals surface area contributed by atoms with Crippen LogP contribution in [-0.2, 0) is 11.3 Å². The molecule has 1 amide bonds. The SMILES string of the molecule is C#CCn1c(=NC(=O)C=Cc2cccc([N+](=O)[O-])c2)sc2cc(Br)ccc21. The Kier molecular flexibility index (Phi) is 5.64. The Balaban J connectivity index is 1.95. The van der Waals surface area contributed by atoms with E-state index in [4.69, 9.17) is 6.42 Å². The zero-order chi connectivity index (χ0) is 19.4. The van der Waals surface area contributed by atoms with Crippen LogP contribution in [0.1, 0.15) is 5.56 Å². The summed E-state index contributed by atoms with van der Waals surface area (Å²) < 4.78 is 3.67. The lowest BCUT2D eigenvalue weighted by molar-refractivity contribution is -0.384. The number of carbonyl (C=O) groups is 1. The number of halogens is 1. The van der Waals surface area contributed by atoms with Crippen LogP contribution >= 0.6 is 27.3 Å². The third-order valence-corrected chi connectivity index (χ3v) is 5.13. The maximum absolute atomic E-state index is 12.2. The highest BCUT2D eigenvalue weighted by Crippen LogP contribution is 2.22. The topological polar surface area (TPSA) is 77.5 Å². The van der Waals surface area contributed by atoms with E-state index in [2.05, 4.69) is 26.8 Å². The monoisotopic (exact) mass is 441 g/mol. The van der Waals surface area contributed by atoms with E-state index >= 15 is 0 Å². The molecule has 0 N–H and O–H groups in total. The van der Waals surface area contributed by atoms with Gasteiger partial charge in [-0.1, -0.05) is 45.3 Å². The van der Waals surface area contributed by atoms with Gasteiger partial charge in [-0.25, -0.2) is 0 Å². The predicted molar refractivity (Wildman–Crippen MR) is 109 cm³/mol. The van der Waals surface area contributed by atoms with Crippen molar-refractivity contribution in [3.63, 3.8) is 0 Å². The van der Waals surface area contributed by atoms with Gasteiger partial charge in [0.15, 0.2) is 4.80 Å². The second kappa shape index (κ2) is 8.12. The Labute approximate surface area is 166 Å². The van der Waals surface area contributed by atoms with Gasteiger partial charge >= 0.3 is 0 Å². The fourth-order valence-corrected chi connectivity index (χ4v) is 4.00. The van der Waals surface area contributed by atoms with Crippen LogP contribution < -0.4 is 4.80 Å². The largest absolute Gasteiger partial charge is 0.305 e. The number of terminal acetylenes is 1. The molecule has 0 aliphatic heterocycles. The number of hydrogen-bond donors (Lipinski definition) is 0. The highest BCUT2D eigenvalue weighted by atomic mass is 79.9. The molecule has 27 heavy (non-hydrogen) atoms. The molecule has 1 aromatic heterocycles. The first kappa shape index (κ1) is 18.8. The third kappa shape index (κ3) is 4.39. The minimum atomic E-state index is -0.485. The van der Waals surface area contributed by atoms with Crippen molar-refractivity contribution in [1.82, 2.24) is 4.57 Å². The Hall–Kier alpha value is -3.02. The number of benzene rings is 2. The van der Waals surface area contributed by atoms with Crippen LogP contribution in [0.5, 0.6) is 0 Å². The van der Waals surface area contributed by atoms with Crippen LogP contribution in [0, 0.1) is 22.5 Å². The van der Waals surface area contributed by atoms with Crippen molar-refractivity contribution in [2.75, 3.05) is 0 Å². The number of carbonyl (C=O) groups excluding carboxylic acids is 1. The van der Waals surface area contributed by atoms with Crippen molar-refractivity contribution in [3.05, 3.63) is 73.5 Å². The lowest BCUT2D eigenvalue weighted by Crippen LogP contribution is -2.15. The van der Waals surface area contributed by atoms with E-state index in [1.807, 2.05) is 18.2 Å². The molecule has 0 spiro atoms. The van der Waals surface area contributed by atoms with Gasteiger partial charge in [-0.2, -0.15) is 4.99 Å². The molecule has 0 aliphatic rings. The fourth-order valence-electron chi connectivity index (χ4n) is 2.42. The maximum atomic E-state index is 12.2. The molecule has 0 unspecified atom stereocenters. The van der Waals surface area contributed by atoms with Gasteiger partial charge in [-0.05, 0) is 29.8 Å².